The number of aromatic nitrogens is 1. The molecule has 2 aromatic rings. The minimum absolute atomic E-state index is 0.287. The Bertz CT molecular complexity index is 673. The molecule has 130 valence electrons. The fourth-order valence-electron chi connectivity index (χ4n) is 1.72. The van der Waals surface area contributed by atoms with Crippen LogP contribution in [0.1, 0.15) is 13.8 Å². The van der Waals surface area contributed by atoms with Crippen LogP contribution in [0.2, 0.25) is 0 Å². The number of benzene rings is 1. The lowest BCUT2D eigenvalue weighted by molar-refractivity contribution is 0.157. The molecular weight excluding hydrogens is 308 g/mol. The number of hydrogen-bond acceptors (Lipinski definition) is 7. The third-order valence-electron chi connectivity index (χ3n) is 3.12. The Morgan fingerprint density at radius 2 is 1.62 bits per heavy atom. The van der Waals surface area contributed by atoms with Gasteiger partial charge in [0, 0.05) is 13.1 Å². The largest absolute Gasteiger partial charge is 0.415 e. The zero-order valence-electron chi connectivity index (χ0n) is 13.9. The van der Waals surface area contributed by atoms with E-state index in [1.54, 1.807) is 41.3 Å². The summed E-state index contributed by atoms with van der Waals surface area (Å²) in [6.07, 6.45) is -0.363. The average molecular weight is 332 g/mol. The minimum atomic E-state index is -0.363. The van der Waals surface area contributed by atoms with Gasteiger partial charge in [-0.25, -0.2) is 9.78 Å². The molecule has 1 amide bonds. The van der Waals surface area contributed by atoms with Gasteiger partial charge in [-0.3, -0.25) is 0 Å². The van der Waals surface area contributed by atoms with E-state index in [0.29, 0.717) is 36.0 Å². The molecule has 0 aliphatic heterocycles. The third kappa shape index (κ3) is 5.56. The summed E-state index contributed by atoms with van der Waals surface area (Å²) in [5, 5.41) is 0. The number of carbonyl (C=O) groups is 1. The summed E-state index contributed by atoms with van der Waals surface area (Å²) < 4.78 is 5.15. The monoisotopic (exact) mass is 332 g/mol. The van der Waals surface area contributed by atoms with Crippen molar-refractivity contribution < 1.29 is 9.53 Å². The molecule has 0 radical (unpaired) electrons. The van der Waals surface area contributed by atoms with Gasteiger partial charge in [0.2, 0.25) is 0 Å². The molecule has 1 aromatic carbocycles. The standard InChI is InChI=1S/C11H16N2O2.C5H8N4/c1-3-13(4-2)11(14)15-10-8-6-5-7-9(10)12;6-3-1-2-4(7)9-5(3)8/h5-8H,3-4,12H2,1-2H3;1-2H,6H2,(H4,7,8,9). The van der Waals surface area contributed by atoms with Crippen LogP contribution in [0.25, 0.3) is 0 Å². The Kier molecular flexibility index (Phi) is 7.15. The van der Waals surface area contributed by atoms with E-state index in [0.717, 1.165) is 0 Å². The van der Waals surface area contributed by atoms with E-state index in [1.165, 1.54) is 0 Å². The van der Waals surface area contributed by atoms with Gasteiger partial charge in [-0.15, -0.1) is 0 Å². The number of ether oxygens (including phenoxy) is 1. The van der Waals surface area contributed by atoms with Crippen LogP contribution in [0.3, 0.4) is 0 Å². The Balaban J connectivity index is 0.000000272. The molecule has 0 spiro atoms. The molecule has 24 heavy (non-hydrogen) atoms. The quantitative estimate of drug-likeness (QED) is 0.628. The molecule has 0 bridgehead atoms. The topological polar surface area (TPSA) is 147 Å². The smallest absolute Gasteiger partial charge is 0.408 e. The highest BCUT2D eigenvalue weighted by Crippen LogP contribution is 2.20. The van der Waals surface area contributed by atoms with Crippen LogP contribution >= 0.6 is 0 Å². The van der Waals surface area contributed by atoms with Crippen LogP contribution < -0.4 is 27.7 Å². The highest BCUT2D eigenvalue weighted by atomic mass is 16.6. The van der Waals surface area contributed by atoms with Crippen molar-refractivity contribution in [2.75, 3.05) is 36.0 Å². The maximum Gasteiger partial charge on any atom is 0.415 e. The lowest BCUT2D eigenvalue weighted by Gasteiger charge is -2.18. The molecular formula is C16H24N6O2. The predicted molar refractivity (Wildman–Crippen MR) is 97.3 cm³/mol. The van der Waals surface area contributed by atoms with Gasteiger partial charge < -0.3 is 32.6 Å². The lowest BCUT2D eigenvalue weighted by Crippen LogP contribution is -2.33. The first kappa shape index (κ1) is 18.9. The van der Waals surface area contributed by atoms with Crippen molar-refractivity contribution in [3.05, 3.63) is 36.4 Å². The van der Waals surface area contributed by atoms with Gasteiger partial charge in [0.15, 0.2) is 5.75 Å². The van der Waals surface area contributed by atoms with Crippen molar-refractivity contribution in [1.82, 2.24) is 9.88 Å². The van der Waals surface area contributed by atoms with E-state index in [-0.39, 0.29) is 11.9 Å². The maximum absolute atomic E-state index is 11.6. The second-order valence-corrected chi connectivity index (χ2v) is 4.79. The van der Waals surface area contributed by atoms with Crippen molar-refractivity contribution in [3.8, 4) is 5.75 Å². The van der Waals surface area contributed by atoms with Crippen molar-refractivity contribution in [2.45, 2.75) is 13.8 Å². The van der Waals surface area contributed by atoms with E-state index in [1.807, 2.05) is 13.8 Å². The maximum atomic E-state index is 11.6. The van der Waals surface area contributed by atoms with Gasteiger partial charge in [0.1, 0.15) is 11.6 Å². The lowest BCUT2D eigenvalue weighted by atomic mass is 10.3. The van der Waals surface area contributed by atoms with Crippen LogP contribution in [-0.2, 0) is 0 Å². The molecule has 0 atom stereocenters. The molecule has 1 heterocycles. The van der Waals surface area contributed by atoms with Crippen molar-refractivity contribution >= 4 is 29.1 Å². The number of nitrogen functional groups attached to an aromatic ring is 4. The van der Waals surface area contributed by atoms with Gasteiger partial charge in [-0.05, 0) is 38.1 Å². The number of anilines is 4. The summed E-state index contributed by atoms with van der Waals surface area (Å²) in [7, 11) is 0. The van der Waals surface area contributed by atoms with Crippen LogP contribution in [0.4, 0.5) is 27.8 Å². The predicted octanol–water partition coefficient (Wildman–Crippen LogP) is 1.94. The summed E-state index contributed by atoms with van der Waals surface area (Å²) >= 11 is 0. The van der Waals surface area contributed by atoms with Crippen LogP contribution in [-0.4, -0.2) is 29.1 Å². The molecule has 0 fully saturated rings. The van der Waals surface area contributed by atoms with Crippen molar-refractivity contribution in [3.63, 3.8) is 0 Å². The molecule has 1 aromatic heterocycles. The molecule has 0 saturated carbocycles. The SMILES string of the molecule is CCN(CC)C(=O)Oc1ccccc1N.Nc1ccc(N)c(N)n1. The molecule has 8 N–H and O–H groups in total. The number of nitrogens with two attached hydrogens (primary N) is 4. The van der Waals surface area contributed by atoms with Gasteiger partial charge in [-0.2, -0.15) is 0 Å². The highest BCUT2D eigenvalue weighted by molar-refractivity contribution is 5.73. The summed E-state index contributed by atoms with van der Waals surface area (Å²) in [5.74, 6) is 1.09. The van der Waals surface area contributed by atoms with Crippen molar-refractivity contribution in [2.24, 2.45) is 0 Å². The van der Waals surface area contributed by atoms with E-state index < -0.39 is 0 Å². The normalized spacial score (nSPS) is 9.58. The van der Waals surface area contributed by atoms with Crippen molar-refractivity contribution in [1.29, 1.82) is 0 Å². The Labute approximate surface area is 141 Å². The van der Waals surface area contributed by atoms with Gasteiger partial charge in [-0.1, -0.05) is 12.1 Å². The Morgan fingerprint density at radius 3 is 2.12 bits per heavy atom. The number of rotatable bonds is 3. The molecule has 2 rings (SSSR count). The van der Waals surface area contributed by atoms with Gasteiger partial charge in [0.25, 0.3) is 0 Å². The number of nitrogens with zero attached hydrogens (tertiary/aromatic N) is 2. The van der Waals surface area contributed by atoms with E-state index >= 15 is 0 Å². The van der Waals surface area contributed by atoms with E-state index in [9.17, 15) is 4.79 Å². The van der Waals surface area contributed by atoms with Crippen LogP contribution in [0.5, 0.6) is 5.75 Å². The summed E-state index contributed by atoms with van der Waals surface area (Å²) in [6.45, 7) is 5.06. The fraction of sp³-hybridized carbons (Fsp3) is 0.250. The first-order valence-electron chi connectivity index (χ1n) is 7.47. The Hall–Kier alpha value is -3.16. The molecule has 0 unspecified atom stereocenters. The number of carbonyl (C=O) groups excluding carboxylic acids is 1. The molecule has 8 heteroatoms. The van der Waals surface area contributed by atoms with Crippen LogP contribution in [0, 0.1) is 0 Å². The summed E-state index contributed by atoms with van der Waals surface area (Å²) in [5.41, 5.74) is 22.5. The number of amides is 1. The highest BCUT2D eigenvalue weighted by Gasteiger charge is 2.12. The zero-order valence-corrected chi connectivity index (χ0v) is 13.9. The summed E-state index contributed by atoms with van der Waals surface area (Å²) in [4.78, 5) is 16.9. The fourth-order valence-corrected chi connectivity index (χ4v) is 1.72. The average Bonchev–Trinajstić information content (AvgIpc) is 2.55. The first-order chi connectivity index (χ1) is 11.4. The van der Waals surface area contributed by atoms with Gasteiger partial charge in [0.05, 0.1) is 11.4 Å². The van der Waals surface area contributed by atoms with Gasteiger partial charge >= 0.3 is 6.09 Å². The van der Waals surface area contributed by atoms with E-state index in [2.05, 4.69) is 4.98 Å². The molecule has 8 nitrogen and oxygen atoms in total. The van der Waals surface area contributed by atoms with Crippen LogP contribution in [0.15, 0.2) is 36.4 Å². The second-order valence-electron chi connectivity index (χ2n) is 4.79. The third-order valence-corrected chi connectivity index (χ3v) is 3.12. The zero-order chi connectivity index (χ0) is 18.1. The number of para-hydroxylation sites is 2. The molecule has 0 saturated heterocycles. The number of hydrogen-bond donors (Lipinski definition) is 4. The Morgan fingerprint density at radius 1 is 1.00 bits per heavy atom. The van der Waals surface area contributed by atoms with E-state index in [4.69, 9.17) is 27.7 Å². The molecule has 0 aliphatic carbocycles. The second kappa shape index (κ2) is 9.09. The minimum Gasteiger partial charge on any atom is -0.408 e. The summed E-state index contributed by atoms with van der Waals surface area (Å²) in [6, 6.07) is 10.2. The molecule has 0 aliphatic rings. The number of pyridine rings is 1. The first-order valence-corrected chi connectivity index (χ1v) is 7.47.